The van der Waals surface area contributed by atoms with Crippen LogP contribution in [0, 0.1) is 17.8 Å². The summed E-state index contributed by atoms with van der Waals surface area (Å²) in [5.74, 6) is 2.96. The number of sulfonamides is 1. The number of hydrogen-bond donors (Lipinski definition) is 1. The van der Waals surface area contributed by atoms with E-state index in [-0.39, 0.29) is 17.9 Å². The first kappa shape index (κ1) is 24.2. The van der Waals surface area contributed by atoms with Gasteiger partial charge < -0.3 is 10.1 Å². The minimum absolute atomic E-state index is 0.249. The zero-order valence-electron chi connectivity index (χ0n) is 20.7. The van der Waals surface area contributed by atoms with Crippen LogP contribution in [-0.4, -0.2) is 33.7 Å². The van der Waals surface area contributed by atoms with E-state index in [1.54, 1.807) is 0 Å². The molecule has 7 heteroatoms. The fourth-order valence-electron chi connectivity index (χ4n) is 7.14. The Bertz CT molecular complexity index is 1140. The average molecular weight is 497 g/mol. The van der Waals surface area contributed by atoms with Crippen LogP contribution >= 0.6 is 0 Å². The smallest absolute Gasteiger partial charge is 0.241 e. The van der Waals surface area contributed by atoms with Crippen molar-refractivity contribution in [2.75, 3.05) is 23.7 Å². The van der Waals surface area contributed by atoms with Gasteiger partial charge in [-0.05, 0) is 104 Å². The van der Waals surface area contributed by atoms with Gasteiger partial charge in [0.25, 0.3) is 0 Å². The topological polar surface area (TPSA) is 75.7 Å². The Morgan fingerprint density at radius 3 is 2.23 bits per heavy atom. The first-order valence-corrected chi connectivity index (χ1v) is 14.7. The lowest BCUT2D eigenvalue weighted by Gasteiger charge is -2.57. The highest BCUT2D eigenvalue weighted by Crippen LogP contribution is 2.60. The van der Waals surface area contributed by atoms with E-state index >= 15 is 0 Å². The van der Waals surface area contributed by atoms with Crippen molar-refractivity contribution >= 4 is 21.6 Å². The van der Waals surface area contributed by atoms with Crippen molar-refractivity contribution < 1.29 is 17.9 Å². The first-order valence-electron chi connectivity index (χ1n) is 12.8. The van der Waals surface area contributed by atoms with Gasteiger partial charge in [0, 0.05) is 6.54 Å². The molecular weight excluding hydrogens is 460 g/mol. The van der Waals surface area contributed by atoms with Crippen LogP contribution < -0.4 is 14.4 Å². The zero-order chi connectivity index (χ0) is 24.6. The molecule has 0 saturated heterocycles. The van der Waals surface area contributed by atoms with E-state index in [1.165, 1.54) is 48.4 Å². The summed E-state index contributed by atoms with van der Waals surface area (Å²) in [7, 11) is -3.62. The summed E-state index contributed by atoms with van der Waals surface area (Å²) in [6.07, 6.45) is 9.13. The minimum Gasteiger partial charge on any atom is -0.494 e. The lowest BCUT2D eigenvalue weighted by atomic mass is 9.48. The summed E-state index contributed by atoms with van der Waals surface area (Å²) >= 11 is 0. The molecule has 0 aromatic heterocycles. The molecule has 35 heavy (non-hydrogen) atoms. The van der Waals surface area contributed by atoms with Gasteiger partial charge in [0.15, 0.2) is 0 Å². The van der Waals surface area contributed by atoms with Crippen molar-refractivity contribution in [2.45, 2.75) is 57.4 Å². The highest BCUT2D eigenvalue weighted by Gasteiger charge is 2.51. The summed E-state index contributed by atoms with van der Waals surface area (Å²) in [5.41, 5.74) is 3.04. The molecule has 0 spiro atoms. The molecule has 4 saturated carbocycles. The maximum Gasteiger partial charge on any atom is 0.241 e. The third-order valence-corrected chi connectivity index (χ3v) is 9.33. The third kappa shape index (κ3) is 5.20. The Hall–Kier alpha value is -2.54. The molecule has 0 unspecified atom stereocenters. The van der Waals surface area contributed by atoms with Crippen molar-refractivity contribution in [3.8, 4) is 5.75 Å². The molecule has 4 bridgehead atoms. The van der Waals surface area contributed by atoms with E-state index in [0.29, 0.717) is 18.8 Å². The molecule has 4 aliphatic rings. The van der Waals surface area contributed by atoms with E-state index in [0.717, 1.165) is 35.3 Å². The predicted octanol–water partition coefficient (Wildman–Crippen LogP) is 4.64. The Balaban J connectivity index is 1.27. The number of hydrogen-bond acceptors (Lipinski definition) is 4. The van der Waals surface area contributed by atoms with Crippen molar-refractivity contribution in [3.05, 3.63) is 59.7 Å². The molecule has 0 aliphatic heterocycles. The van der Waals surface area contributed by atoms with Gasteiger partial charge in [-0.2, -0.15) is 0 Å². The first-order chi connectivity index (χ1) is 16.7. The Morgan fingerprint density at radius 2 is 1.66 bits per heavy atom. The second-order valence-electron chi connectivity index (χ2n) is 10.9. The van der Waals surface area contributed by atoms with Crippen LogP contribution in [0.25, 0.3) is 0 Å². The van der Waals surface area contributed by atoms with Crippen LogP contribution in [0.5, 0.6) is 5.75 Å². The van der Waals surface area contributed by atoms with Crippen LogP contribution in [0.3, 0.4) is 0 Å². The van der Waals surface area contributed by atoms with Gasteiger partial charge in [0.05, 0.1) is 18.6 Å². The molecule has 188 valence electrons. The van der Waals surface area contributed by atoms with E-state index in [4.69, 9.17) is 4.74 Å². The number of ether oxygens (including phenoxy) is 1. The summed E-state index contributed by atoms with van der Waals surface area (Å²) in [4.78, 5) is 12.7. The number of benzene rings is 2. The number of anilines is 1. The lowest BCUT2D eigenvalue weighted by molar-refractivity contribution is -0.119. The SMILES string of the molecule is CCOc1cccc(CNC(=O)CN(c2ccc(C34CC5CC(CC(C5)C3)C4)cc2)S(C)(=O)=O)c1. The monoisotopic (exact) mass is 496 g/mol. The minimum atomic E-state index is -3.62. The fourth-order valence-corrected chi connectivity index (χ4v) is 8.00. The summed E-state index contributed by atoms with van der Waals surface area (Å²) in [5, 5.41) is 2.84. The van der Waals surface area contributed by atoms with Crippen LogP contribution in [0.1, 0.15) is 56.6 Å². The van der Waals surface area contributed by atoms with E-state index in [1.807, 2.05) is 43.3 Å². The molecular formula is C28H36N2O4S. The van der Waals surface area contributed by atoms with Crippen LogP contribution in [0.15, 0.2) is 48.5 Å². The molecule has 1 amide bonds. The number of nitrogens with zero attached hydrogens (tertiary/aromatic N) is 1. The summed E-state index contributed by atoms with van der Waals surface area (Å²) in [6, 6.07) is 15.5. The molecule has 0 radical (unpaired) electrons. The van der Waals surface area contributed by atoms with Crippen LogP contribution in [-0.2, 0) is 26.8 Å². The van der Waals surface area contributed by atoms with E-state index < -0.39 is 10.0 Å². The van der Waals surface area contributed by atoms with Crippen molar-refractivity contribution in [2.24, 2.45) is 17.8 Å². The maximum absolute atomic E-state index is 12.7. The van der Waals surface area contributed by atoms with Gasteiger partial charge in [0.2, 0.25) is 15.9 Å². The fraction of sp³-hybridized carbons (Fsp3) is 0.536. The second kappa shape index (κ2) is 9.49. The largest absolute Gasteiger partial charge is 0.494 e. The number of nitrogens with one attached hydrogen (secondary N) is 1. The maximum atomic E-state index is 12.7. The quantitative estimate of drug-likeness (QED) is 0.549. The normalized spacial score (nSPS) is 27.0. The second-order valence-corrected chi connectivity index (χ2v) is 12.8. The van der Waals surface area contributed by atoms with Gasteiger partial charge in [-0.25, -0.2) is 8.42 Å². The van der Waals surface area contributed by atoms with E-state index in [9.17, 15) is 13.2 Å². The molecule has 0 heterocycles. The predicted molar refractivity (Wildman–Crippen MR) is 138 cm³/mol. The Labute approximate surface area is 209 Å². The zero-order valence-corrected chi connectivity index (χ0v) is 21.5. The number of amides is 1. The molecule has 2 aromatic carbocycles. The summed E-state index contributed by atoms with van der Waals surface area (Å²) in [6.45, 7) is 2.55. The third-order valence-electron chi connectivity index (χ3n) is 8.19. The molecule has 6 nitrogen and oxygen atoms in total. The van der Waals surface area contributed by atoms with Gasteiger partial charge in [-0.15, -0.1) is 0 Å². The highest BCUT2D eigenvalue weighted by molar-refractivity contribution is 7.92. The molecule has 0 atom stereocenters. The van der Waals surface area contributed by atoms with Crippen molar-refractivity contribution in [1.29, 1.82) is 0 Å². The van der Waals surface area contributed by atoms with Gasteiger partial charge in [-0.3, -0.25) is 9.10 Å². The van der Waals surface area contributed by atoms with E-state index in [2.05, 4.69) is 17.4 Å². The Kier molecular flexibility index (Phi) is 6.55. The van der Waals surface area contributed by atoms with Crippen molar-refractivity contribution in [1.82, 2.24) is 5.32 Å². The molecule has 2 aromatic rings. The van der Waals surface area contributed by atoms with Gasteiger partial charge in [-0.1, -0.05) is 24.3 Å². The molecule has 1 N–H and O–H groups in total. The average Bonchev–Trinajstić information content (AvgIpc) is 2.80. The molecule has 4 fully saturated rings. The lowest BCUT2D eigenvalue weighted by Crippen LogP contribution is -2.48. The Morgan fingerprint density at radius 1 is 1.03 bits per heavy atom. The molecule has 4 aliphatic carbocycles. The van der Waals surface area contributed by atoms with Gasteiger partial charge >= 0.3 is 0 Å². The summed E-state index contributed by atoms with van der Waals surface area (Å²) < 4.78 is 31.9. The van der Waals surface area contributed by atoms with Crippen LogP contribution in [0.2, 0.25) is 0 Å². The number of carbonyl (C=O) groups excluding carboxylic acids is 1. The van der Waals surface area contributed by atoms with Crippen LogP contribution in [0.4, 0.5) is 5.69 Å². The van der Waals surface area contributed by atoms with Gasteiger partial charge in [0.1, 0.15) is 12.3 Å². The standard InChI is InChI=1S/C28H36N2O4S/c1-3-34-26-6-4-5-20(14-26)18-29-27(31)19-30(35(2,32)33)25-9-7-24(8-10-25)28-15-21-11-22(16-28)13-23(12-21)17-28/h4-10,14,21-23H,3,11-13,15-19H2,1-2H3,(H,29,31). The van der Waals surface area contributed by atoms with Crippen molar-refractivity contribution in [3.63, 3.8) is 0 Å². The number of rotatable bonds is 9. The number of carbonyl (C=O) groups is 1. The highest BCUT2D eigenvalue weighted by atomic mass is 32.2. The molecule has 6 rings (SSSR count).